The minimum Gasteiger partial charge on any atom is -0.331 e. The molecule has 0 amide bonds. The van der Waals surface area contributed by atoms with E-state index in [0.29, 0.717) is 22.1 Å². The zero-order valence-electron chi connectivity index (χ0n) is 11.1. The molecule has 2 aromatic heterocycles. The van der Waals surface area contributed by atoms with E-state index in [2.05, 4.69) is 15.3 Å². The summed E-state index contributed by atoms with van der Waals surface area (Å²) >= 11 is 1.37. The van der Waals surface area contributed by atoms with Gasteiger partial charge in [-0.05, 0) is 30.3 Å². The first-order valence-corrected chi connectivity index (χ1v) is 7.21. The van der Waals surface area contributed by atoms with Crippen LogP contribution < -0.4 is 5.32 Å². The Morgan fingerprint density at radius 3 is 2.50 bits per heavy atom. The van der Waals surface area contributed by atoms with Gasteiger partial charge in [0.1, 0.15) is 0 Å². The molecule has 0 unspecified atom stereocenters. The first kappa shape index (κ1) is 14.5. The van der Waals surface area contributed by atoms with Gasteiger partial charge in [-0.1, -0.05) is 6.07 Å². The van der Waals surface area contributed by atoms with Crippen molar-refractivity contribution in [2.45, 2.75) is 6.18 Å². The highest BCUT2D eigenvalue weighted by Crippen LogP contribution is 2.36. The molecule has 0 saturated carbocycles. The number of thiazole rings is 1. The van der Waals surface area contributed by atoms with Crippen molar-refractivity contribution in [2.24, 2.45) is 0 Å². The third-order valence-corrected chi connectivity index (χ3v) is 3.65. The highest BCUT2D eigenvalue weighted by Gasteiger charge is 2.31. The average Bonchev–Trinajstić information content (AvgIpc) is 3.00. The van der Waals surface area contributed by atoms with Crippen molar-refractivity contribution in [1.29, 1.82) is 0 Å². The summed E-state index contributed by atoms with van der Waals surface area (Å²) in [5, 5.41) is 5.42. The number of pyridine rings is 1. The molecule has 1 N–H and O–H groups in total. The van der Waals surface area contributed by atoms with Gasteiger partial charge in [-0.3, -0.25) is 4.98 Å². The number of hydrogen-bond acceptors (Lipinski definition) is 4. The Kier molecular flexibility index (Phi) is 3.81. The van der Waals surface area contributed by atoms with Crippen LogP contribution in [0.3, 0.4) is 0 Å². The third-order valence-electron chi connectivity index (χ3n) is 2.96. The van der Waals surface area contributed by atoms with Gasteiger partial charge in [-0.15, -0.1) is 11.3 Å². The van der Waals surface area contributed by atoms with E-state index in [1.54, 1.807) is 36.0 Å². The Morgan fingerprint density at radius 2 is 1.86 bits per heavy atom. The van der Waals surface area contributed by atoms with Crippen LogP contribution in [0.1, 0.15) is 5.56 Å². The molecule has 0 atom stereocenters. The zero-order valence-corrected chi connectivity index (χ0v) is 11.9. The number of benzene rings is 1. The number of halogens is 3. The number of hydrogen-bond donors (Lipinski definition) is 1. The first-order valence-electron chi connectivity index (χ1n) is 6.33. The molecule has 0 spiro atoms. The molecule has 0 radical (unpaired) electrons. The van der Waals surface area contributed by atoms with Gasteiger partial charge < -0.3 is 5.32 Å². The maximum absolute atomic E-state index is 12.9. The molecule has 0 aliphatic carbocycles. The van der Waals surface area contributed by atoms with E-state index in [1.807, 2.05) is 0 Å². The maximum Gasteiger partial charge on any atom is 0.416 e. The molecule has 0 bridgehead atoms. The van der Waals surface area contributed by atoms with Crippen LogP contribution in [-0.2, 0) is 6.18 Å². The van der Waals surface area contributed by atoms with Gasteiger partial charge in [-0.2, -0.15) is 13.2 Å². The molecule has 1 aromatic carbocycles. The van der Waals surface area contributed by atoms with Gasteiger partial charge in [0.15, 0.2) is 5.13 Å². The van der Waals surface area contributed by atoms with Crippen LogP contribution in [0.5, 0.6) is 0 Å². The van der Waals surface area contributed by atoms with Crippen molar-refractivity contribution in [3.05, 3.63) is 59.7 Å². The predicted molar refractivity (Wildman–Crippen MR) is 80.1 cm³/mol. The number of nitrogens with zero attached hydrogens (tertiary/aromatic N) is 2. The Morgan fingerprint density at radius 1 is 1.00 bits per heavy atom. The van der Waals surface area contributed by atoms with Crippen LogP contribution >= 0.6 is 11.3 Å². The lowest BCUT2D eigenvalue weighted by Gasteiger charge is -2.13. The standard InChI is InChI=1S/C15H10F3N3S/c16-15(17,18)10-4-5-13(21-14-20-7-8-22-14)11(9-10)12-3-1-2-6-19-12/h1-9H,(H,20,21). The van der Waals surface area contributed by atoms with Gasteiger partial charge in [0, 0.05) is 29.0 Å². The molecule has 22 heavy (non-hydrogen) atoms. The second kappa shape index (κ2) is 5.76. The first-order chi connectivity index (χ1) is 10.5. The predicted octanol–water partition coefficient (Wildman–Crippen LogP) is 4.97. The van der Waals surface area contributed by atoms with E-state index < -0.39 is 11.7 Å². The molecule has 2 heterocycles. The Balaban J connectivity index is 2.09. The minimum atomic E-state index is -4.40. The summed E-state index contributed by atoms with van der Waals surface area (Å²) in [6, 6.07) is 8.65. The fourth-order valence-electron chi connectivity index (χ4n) is 1.96. The topological polar surface area (TPSA) is 37.8 Å². The van der Waals surface area contributed by atoms with Gasteiger partial charge in [0.2, 0.25) is 0 Å². The third kappa shape index (κ3) is 3.09. The summed E-state index contributed by atoms with van der Waals surface area (Å²) in [5.74, 6) is 0. The van der Waals surface area contributed by atoms with E-state index >= 15 is 0 Å². The normalized spacial score (nSPS) is 11.4. The Hall–Kier alpha value is -2.41. The monoisotopic (exact) mass is 321 g/mol. The van der Waals surface area contributed by atoms with E-state index in [1.165, 1.54) is 17.4 Å². The highest BCUT2D eigenvalue weighted by atomic mass is 32.1. The summed E-state index contributed by atoms with van der Waals surface area (Å²) in [7, 11) is 0. The summed E-state index contributed by atoms with van der Waals surface area (Å²) in [5.41, 5.74) is 0.665. The molecule has 0 aliphatic rings. The fourth-order valence-corrected chi connectivity index (χ4v) is 2.51. The smallest absolute Gasteiger partial charge is 0.331 e. The van der Waals surface area contributed by atoms with E-state index in [-0.39, 0.29) is 0 Å². The Bertz CT molecular complexity index is 755. The van der Waals surface area contributed by atoms with Crippen molar-refractivity contribution in [3.8, 4) is 11.3 Å². The van der Waals surface area contributed by atoms with E-state index in [9.17, 15) is 13.2 Å². The van der Waals surface area contributed by atoms with Crippen molar-refractivity contribution in [2.75, 3.05) is 5.32 Å². The second-order valence-corrected chi connectivity index (χ2v) is 5.33. The molecule has 3 rings (SSSR count). The molecule has 3 aromatic rings. The summed E-state index contributed by atoms with van der Waals surface area (Å²) < 4.78 is 38.8. The van der Waals surface area contributed by atoms with Gasteiger partial charge in [0.25, 0.3) is 0 Å². The summed E-state index contributed by atoms with van der Waals surface area (Å²) in [6.07, 6.45) is -1.23. The molecular formula is C15H10F3N3S. The van der Waals surface area contributed by atoms with E-state index in [0.717, 1.165) is 12.1 Å². The van der Waals surface area contributed by atoms with Crippen molar-refractivity contribution in [1.82, 2.24) is 9.97 Å². The van der Waals surface area contributed by atoms with Crippen LogP contribution in [-0.4, -0.2) is 9.97 Å². The van der Waals surface area contributed by atoms with Crippen LogP contribution in [0.2, 0.25) is 0 Å². The number of rotatable bonds is 3. The lowest BCUT2D eigenvalue weighted by molar-refractivity contribution is -0.137. The summed E-state index contributed by atoms with van der Waals surface area (Å²) in [4.78, 5) is 8.22. The number of nitrogens with one attached hydrogen (secondary N) is 1. The lowest BCUT2D eigenvalue weighted by atomic mass is 10.0. The lowest BCUT2D eigenvalue weighted by Crippen LogP contribution is -2.06. The quantitative estimate of drug-likeness (QED) is 0.740. The van der Waals surface area contributed by atoms with Gasteiger partial charge >= 0.3 is 6.18 Å². The van der Waals surface area contributed by atoms with Crippen LogP contribution in [0, 0.1) is 0 Å². The maximum atomic E-state index is 12.9. The Labute approximate surface area is 128 Å². The highest BCUT2D eigenvalue weighted by molar-refractivity contribution is 7.13. The van der Waals surface area contributed by atoms with Crippen LogP contribution in [0.4, 0.5) is 24.0 Å². The minimum absolute atomic E-state index is 0.380. The zero-order chi connectivity index (χ0) is 15.6. The second-order valence-electron chi connectivity index (χ2n) is 4.44. The fraction of sp³-hybridized carbons (Fsp3) is 0.0667. The molecule has 0 saturated heterocycles. The van der Waals surface area contributed by atoms with Gasteiger partial charge in [0.05, 0.1) is 11.3 Å². The van der Waals surface area contributed by atoms with Crippen molar-refractivity contribution < 1.29 is 13.2 Å². The SMILES string of the molecule is FC(F)(F)c1ccc(Nc2nccs2)c(-c2ccccn2)c1. The number of aromatic nitrogens is 2. The number of anilines is 2. The average molecular weight is 321 g/mol. The largest absolute Gasteiger partial charge is 0.416 e. The number of alkyl halides is 3. The molecule has 0 fully saturated rings. The molecular weight excluding hydrogens is 311 g/mol. The molecule has 112 valence electrons. The van der Waals surface area contributed by atoms with Crippen LogP contribution in [0.25, 0.3) is 11.3 Å². The molecule has 3 nitrogen and oxygen atoms in total. The van der Waals surface area contributed by atoms with Crippen LogP contribution in [0.15, 0.2) is 54.2 Å². The summed E-state index contributed by atoms with van der Waals surface area (Å²) in [6.45, 7) is 0. The van der Waals surface area contributed by atoms with Crippen molar-refractivity contribution >= 4 is 22.2 Å². The van der Waals surface area contributed by atoms with Gasteiger partial charge in [-0.25, -0.2) is 4.98 Å². The molecule has 7 heteroatoms. The molecule has 0 aliphatic heterocycles. The van der Waals surface area contributed by atoms with E-state index in [4.69, 9.17) is 0 Å². The van der Waals surface area contributed by atoms with Crippen molar-refractivity contribution in [3.63, 3.8) is 0 Å².